The summed E-state index contributed by atoms with van der Waals surface area (Å²) >= 11 is 0. The number of nitrogens with one attached hydrogen (secondary N) is 1. The smallest absolute Gasteiger partial charge is 0.309 e. The SMILES string of the molecule is C=CC(F)(F)c1cc(C)n(-c2ccc(NC(=O)c3c(F)cccc3F)cc2)n1. The summed E-state index contributed by atoms with van der Waals surface area (Å²) < 4.78 is 56.1. The molecule has 0 saturated carbocycles. The summed E-state index contributed by atoms with van der Waals surface area (Å²) in [6, 6.07) is 10.4. The Kier molecular flexibility index (Phi) is 5.04. The second-order valence-electron chi connectivity index (χ2n) is 6.01. The number of carbonyl (C=O) groups is 1. The lowest BCUT2D eigenvalue weighted by atomic mass is 10.1. The molecule has 8 heteroatoms. The van der Waals surface area contributed by atoms with Crippen molar-refractivity contribution in [3.63, 3.8) is 0 Å². The Morgan fingerprint density at radius 3 is 2.32 bits per heavy atom. The van der Waals surface area contributed by atoms with Crippen molar-refractivity contribution in [2.45, 2.75) is 12.8 Å². The molecular formula is C20H15F4N3O. The first kappa shape index (κ1) is 19.3. The number of amides is 1. The number of aryl methyl sites for hydroxylation is 1. The molecule has 3 rings (SSSR count). The molecule has 0 bridgehead atoms. The van der Waals surface area contributed by atoms with Gasteiger partial charge in [0.1, 0.15) is 22.9 Å². The average Bonchev–Trinajstić information content (AvgIpc) is 3.05. The van der Waals surface area contributed by atoms with Gasteiger partial charge < -0.3 is 5.32 Å². The standard InChI is InChI=1S/C20H15F4N3O/c1-3-20(23,24)17-11-12(2)27(26-17)14-9-7-13(8-10-14)25-19(28)18-15(21)5-4-6-16(18)22/h3-11H,1H2,2H3,(H,25,28). The minimum atomic E-state index is -3.26. The number of rotatable bonds is 5. The van der Waals surface area contributed by atoms with Crippen LogP contribution in [0.5, 0.6) is 0 Å². The highest BCUT2D eigenvalue weighted by atomic mass is 19.3. The summed E-state index contributed by atoms with van der Waals surface area (Å²) in [5.74, 6) is -6.14. The van der Waals surface area contributed by atoms with Crippen molar-refractivity contribution in [3.05, 3.63) is 89.8 Å². The van der Waals surface area contributed by atoms with Crippen molar-refractivity contribution in [2.24, 2.45) is 0 Å². The van der Waals surface area contributed by atoms with Gasteiger partial charge >= 0.3 is 5.92 Å². The summed E-state index contributed by atoms with van der Waals surface area (Å²) in [4.78, 5) is 12.1. The van der Waals surface area contributed by atoms with Crippen molar-refractivity contribution < 1.29 is 22.4 Å². The van der Waals surface area contributed by atoms with Crippen molar-refractivity contribution in [3.8, 4) is 5.69 Å². The van der Waals surface area contributed by atoms with E-state index in [1.54, 1.807) is 6.92 Å². The van der Waals surface area contributed by atoms with E-state index in [-0.39, 0.29) is 5.69 Å². The molecule has 0 unspecified atom stereocenters. The zero-order chi connectivity index (χ0) is 20.5. The second kappa shape index (κ2) is 7.30. The van der Waals surface area contributed by atoms with Gasteiger partial charge in [-0.15, -0.1) is 0 Å². The molecular weight excluding hydrogens is 374 g/mol. The molecule has 0 fully saturated rings. The van der Waals surface area contributed by atoms with Gasteiger partial charge in [-0.1, -0.05) is 12.6 Å². The number of benzene rings is 2. The van der Waals surface area contributed by atoms with Gasteiger partial charge in [-0.05, 0) is 55.5 Å². The van der Waals surface area contributed by atoms with Gasteiger partial charge in [0, 0.05) is 11.4 Å². The fourth-order valence-corrected chi connectivity index (χ4v) is 2.60. The maximum absolute atomic E-state index is 13.7. The molecule has 1 heterocycles. The molecule has 144 valence electrons. The summed E-state index contributed by atoms with van der Waals surface area (Å²) in [5.41, 5.74) is 0.0940. The fourth-order valence-electron chi connectivity index (χ4n) is 2.60. The van der Waals surface area contributed by atoms with Gasteiger partial charge in [0.05, 0.1) is 5.69 Å². The van der Waals surface area contributed by atoms with Crippen LogP contribution in [0.25, 0.3) is 5.69 Å². The van der Waals surface area contributed by atoms with Gasteiger partial charge in [-0.3, -0.25) is 4.79 Å². The number of nitrogens with zero attached hydrogens (tertiary/aromatic N) is 2. The lowest BCUT2D eigenvalue weighted by Gasteiger charge is -2.09. The predicted molar refractivity (Wildman–Crippen MR) is 96.7 cm³/mol. The number of hydrogen-bond acceptors (Lipinski definition) is 2. The van der Waals surface area contributed by atoms with Crippen LogP contribution in [0.2, 0.25) is 0 Å². The first-order valence-electron chi connectivity index (χ1n) is 8.17. The van der Waals surface area contributed by atoms with Crippen LogP contribution in [-0.4, -0.2) is 15.7 Å². The van der Waals surface area contributed by atoms with Crippen LogP contribution < -0.4 is 5.32 Å². The van der Waals surface area contributed by atoms with E-state index in [1.165, 1.54) is 35.0 Å². The van der Waals surface area contributed by atoms with E-state index in [1.807, 2.05) is 0 Å². The lowest BCUT2D eigenvalue weighted by Crippen LogP contribution is -2.15. The third kappa shape index (κ3) is 3.66. The minimum Gasteiger partial charge on any atom is -0.322 e. The molecule has 28 heavy (non-hydrogen) atoms. The van der Waals surface area contributed by atoms with E-state index in [9.17, 15) is 22.4 Å². The quantitative estimate of drug-likeness (QED) is 0.494. The molecule has 3 aromatic rings. The molecule has 1 amide bonds. The maximum Gasteiger partial charge on any atom is 0.309 e. The number of anilines is 1. The Labute approximate surface area is 158 Å². The monoisotopic (exact) mass is 389 g/mol. The number of halogens is 4. The second-order valence-corrected chi connectivity index (χ2v) is 6.01. The Bertz CT molecular complexity index is 1020. The van der Waals surface area contributed by atoms with E-state index in [4.69, 9.17) is 0 Å². The molecule has 0 aliphatic heterocycles. The average molecular weight is 389 g/mol. The zero-order valence-corrected chi connectivity index (χ0v) is 14.7. The van der Waals surface area contributed by atoms with Gasteiger partial charge in [-0.25, -0.2) is 13.5 Å². The molecule has 0 aliphatic rings. The summed E-state index contributed by atoms with van der Waals surface area (Å²) in [6.45, 7) is 4.72. The Morgan fingerprint density at radius 1 is 1.14 bits per heavy atom. The Hall–Kier alpha value is -3.42. The molecule has 0 spiro atoms. The number of carbonyl (C=O) groups excluding carboxylic acids is 1. The number of alkyl halides is 2. The molecule has 0 aliphatic carbocycles. The number of allylic oxidation sites excluding steroid dienone is 1. The largest absolute Gasteiger partial charge is 0.322 e. The van der Waals surface area contributed by atoms with Crippen LogP contribution in [0.15, 0.2) is 61.2 Å². The highest BCUT2D eigenvalue weighted by Gasteiger charge is 2.31. The minimum absolute atomic E-state index is 0.276. The van der Waals surface area contributed by atoms with E-state index in [0.29, 0.717) is 17.5 Å². The predicted octanol–water partition coefficient (Wildman–Crippen LogP) is 4.99. The molecule has 0 radical (unpaired) electrons. The van der Waals surface area contributed by atoms with Crippen LogP contribution >= 0.6 is 0 Å². The highest BCUT2D eigenvalue weighted by molar-refractivity contribution is 6.04. The Balaban J connectivity index is 1.83. The topological polar surface area (TPSA) is 46.9 Å². The van der Waals surface area contributed by atoms with Crippen molar-refractivity contribution in [1.29, 1.82) is 0 Å². The first-order chi connectivity index (χ1) is 13.2. The number of aromatic nitrogens is 2. The summed E-state index contributed by atoms with van der Waals surface area (Å²) in [5, 5.41) is 6.28. The molecule has 1 aromatic heterocycles. The molecule has 2 aromatic carbocycles. The molecule has 1 N–H and O–H groups in total. The van der Waals surface area contributed by atoms with Gasteiger partial charge in [-0.2, -0.15) is 13.9 Å². The number of hydrogen-bond donors (Lipinski definition) is 1. The van der Waals surface area contributed by atoms with Gasteiger partial charge in [0.25, 0.3) is 5.91 Å². The van der Waals surface area contributed by atoms with Crippen molar-refractivity contribution in [1.82, 2.24) is 9.78 Å². The van der Waals surface area contributed by atoms with Crippen LogP contribution in [0.3, 0.4) is 0 Å². The zero-order valence-electron chi connectivity index (χ0n) is 14.7. The third-order valence-corrected chi connectivity index (χ3v) is 4.04. The van der Waals surface area contributed by atoms with Crippen LogP contribution in [0.1, 0.15) is 21.7 Å². The van der Waals surface area contributed by atoms with Crippen LogP contribution in [0, 0.1) is 18.6 Å². The Morgan fingerprint density at radius 2 is 1.75 bits per heavy atom. The molecule has 0 atom stereocenters. The molecule has 0 saturated heterocycles. The fraction of sp³-hybridized carbons (Fsp3) is 0.100. The normalized spacial score (nSPS) is 11.3. The van der Waals surface area contributed by atoms with E-state index >= 15 is 0 Å². The third-order valence-electron chi connectivity index (χ3n) is 4.04. The van der Waals surface area contributed by atoms with Gasteiger partial charge in [0.2, 0.25) is 0 Å². The van der Waals surface area contributed by atoms with E-state index in [2.05, 4.69) is 17.0 Å². The highest BCUT2D eigenvalue weighted by Crippen LogP contribution is 2.29. The van der Waals surface area contributed by atoms with E-state index in [0.717, 1.165) is 18.2 Å². The van der Waals surface area contributed by atoms with Crippen molar-refractivity contribution >= 4 is 11.6 Å². The van der Waals surface area contributed by atoms with Crippen LogP contribution in [-0.2, 0) is 5.92 Å². The summed E-state index contributed by atoms with van der Waals surface area (Å²) in [6.07, 6.45) is 0.513. The summed E-state index contributed by atoms with van der Waals surface area (Å²) in [7, 11) is 0. The lowest BCUT2D eigenvalue weighted by molar-refractivity contribution is 0.0472. The van der Waals surface area contributed by atoms with Crippen LogP contribution in [0.4, 0.5) is 23.2 Å². The molecule has 4 nitrogen and oxygen atoms in total. The first-order valence-corrected chi connectivity index (χ1v) is 8.17. The van der Waals surface area contributed by atoms with E-state index < -0.39 is 34.7 Å². The maximum atomic E-state index is 13.7. The van der Waals surface area contributed by atoms with Crippen molar-refractivity contribution in [2.75, 3.05) is 5.32 Å². The van der Waals surface area contributed by atoms with Gasteiger partial charge in [0.15, 0.2) is 0 Å².